The van der Waals surface area contributed by atoms with Crippen molar-refractivity contribution in [3.05, 3.63) is 29.3 Å². The number of carboxylic acid groups (broad SMARTS) is 1. The first-order valence-corrected chi connectivity index (χ1v) is 7.24. The zero-order valence-corrected chi connectivity index (χ0v) is 12.6. The summed E-state index contributed by atoms with van der Waals surface area (Å²) in [5.74, 6) is 0.113. The molecule has 20 heavy (non-hydrogen) atoms. The number of benzene rings is 1. The fraction of sp³-hybridized carbons (Fsp3) is 0.533. The van der Waals surface area contributed by atoms with Gasteiger partial charge in [0.1, 0.15) is 5.75 Å². The molecule has 4 nitrogen and oxygen atoms in total. The van der Waals surface area contributed by atoms with Crippen LogP contribution in [0.4, 0.5) is 0 Å². The Morgan fingerprint density at radius 3 is 2.50 bits per heavy atom. The van der Waals surface area contributed by atoms with Gasteiger partial charge in [0.25, 0.3) is 0 Å². The van der Waals surface area contributed by atoms with E-state index in [1.54, 1.807) is 0 Å². The van der Waals surface area contributed by atoms with Gasteiger partial charge < -0.3 is 14.7 Å². The number of hydrogen-bond acceptors (Lipinski definition) is 3. The molecule has 1 aromatic rings. The molecule has 1 N–H and O–H groups in total. The van der Waals surface area contributed by atoms with Gasteiger partial charge in [-0.1, -0.05) is 11.6 Å². The lowest BCUT2D eigenvalue weighted by Crippen LogP contribution is -2.22. The van der Waals surface area contributed by atoms with Crippen LogP contribution in [0.25, 0.3) is 0 Å². The normalized spacial score (nSPS) is 10.8. The number of rotatable bonds is 10. The molecule has 5 heteroatoms. The summed E-state index contributed by atoms with van der Waals surface area (Å²) < 4.78 is 5.61. The quantitative estimate of drug-likeness (QED) is 0.674. The molecular weight excluding hydrogens is 278 g/mol. The Bertz CT molecular complexity index is 395. The molecule has 0 atom stereocenters. The van der Waals surface area contributed by atoms with Gasteiger partial charge in [-0.05, 0) is 57.1 Å². The van der Waals surface area contributed by atoms with Gasteiger partial charge in [0, 0.05) is 18.0 Å². The van der Waals surface area contributed by atoms with Crippen molar-refractivity contribution in [2.24, 2.45) is 0 Å². The topological polar surface area (TPSA) is 49.8 Å². The lowest BCUT2D eigenvalue weighted by Gasteiger charge is -2.16. The highest BCUT2D eigenvalue weighted by molar-refractivity contribution is 6.30. The zero-order valence-electron chi connectivity index (χ0n) is 11.8. The number of aliphatic carboxylic acids is 1. The number of unbranched alkanes of at least 4 members (excludes halogenated alkanes) is 1. The number of carboxylic acids is 1. The van der Waals surface area contributed by atoms with Crippen molar-refractivity contribution in [3.8, 4) is 5.75 Å². The van der Waals surface area contributed by atoms with Gasteiger partial charge in [-0.3, -0.25) is 4.79 Å². The number of halogens is 1. The summed E-state index contributed by atoms with van der Waals surface area (Å²) in [6.45, 7) is 2.54. The van der Waals surface area contributed by atoms with Crippen molar-refractivity contribution >= 4 is 17.6 Å². The van der Waals surface area contributed by atoms with Crippen molar-refractivity contribution in [1.82, 2.24) is 4.90 Å². The van der Waals surface area contributed by atoms with E-state index in [1.165, 1.54) is 0 Å². The second-order valence-electron chi connectivity index (χ2n) is 4.81. The van der Waals surface area contributed by atoms with Crippen molar-refractivity contribution in [2.45, 2.75) is 25.7 Å². The van der Waals surface area contributed by atoms with E-state index in [0.29, 0.717) is 11.6 Å². The largest absolute Gasteiger partial charge is 0.494 e. The van der Waals surface area contributed by atoms with E-state index in [1.807, 2.05) is 31.3 Å². The highest BCUT2D eigenvalue weighted by Gasteiger charge is 2.01. The first-order chi connectivity index (χ1) is 9.58. The summed E-state index contributed by atoms with van der Waals surface area (Å²) in [4.78, 5) is 12.6. The summed E-state index contributed by atoms with van der Waals surface area (Å²) in [7, 11) is 2.04. The Labute approximate surface area is 125 Å². The lowest BCUT2D eigenvalue weighted by molar-refractivity contribution is -0.137. The highest BCUT2D eigenvalue weighted by Crippen LogP contribution is 2.15. The number of nitrogens with zero attached hydrogens (tertiary/aromatic N) is 1. The average molecular weight is 300 g/mol. The summed E-state index contributed by atoms with van der Waals surface area (Å²) in [6, 6.07) is 7.34. The molecule has 112 valence electrons. The van der Waals surface area contributed by atoms with Crippen LogP contribution in [-0.2, 0) is 4.79 Å². The van der Waals surface area contributed by atoms with E-state index in [9.17, 15) is 4.79 Å². The van der Waals surface area contributed by atoms with Gasteiger partial charge in [0.05, 0.1) is 6.61 Å². The molecule has 0 spiro atoms. The maximum Gasteiger partial charge on any atom is 0.303 e. The van der Waals surface area contributed by atoms with Crippen LogP contribution in [0.2, 0.25) is 5.02 Å². The number of carbonyl (C=O) groups is 1. The Balaban J connectivity index is 2.02. The molecule has 0 saturated carbocycles. The van der Waals surface area contributed by atoms with E-state index < -0.39 is 5.97 Å². The maximum absolute atomic E-state index is 10.4. The Kier molecular flexibility index (Phi) is 8.07. The SMILES string of the molecule is CN(CCCCC(=O)O)CCCOc1ccc(Cl)cc1. The maximum atomic E-state index is 10.4. The van der Waals surface area contributed by atoms with Crippen molar-refractivity contribution in [1.29, 1.82) is 0 Å². The van der Waals surface area contributed by atoms with Crippen LogP contribution in [0.3, 0.4) is 0 Å². The Morgan fingerprint density at radius 1 is 1.20 bits per heavy atom. The molecule has 0 bridgehead atoms. The second kappa shape index (κ2) is 9.61. The van der Waals surface area contributed by atoms with Crippen LogP contribution in [0.15, 0.2) is 24.3 Å². The minimum Gasteiger partial charge on any atom is -0.494 e. The minimum atomic E-state index is -0.719. The van der Waals surface area contributed by atoms with E-state index in [2.05, 4.69) is 4.90 Å². The first-order valence-electron chi connectivity index (χ1n) is 6.86. The summed E-state index contributed by atoms with van der Waals surface area (Å²) >= 11 is 5.80. The van der Waals surface area contributed by atoms with Crippen molar-refractivity contribution in [2.75, 3.05) is 26.7 Å². The molecular formula is C15H22ClNO3. The third-order valence-corrected chi connectivity index (χ3v) is 3.20. The fourth-order valence-corrected chi connectivity index (χ4v) is 1.95. The number of hydrogen-bond donors (Lipinski definition) is 1. The molecule has 0 radical (unpaired) electrons. The van der Waals surface area contributed by atoms with Crippen molar-refractivity contribution in [3.63, 3.8) is 0 Å². The molecule has 0 aliphatic heterocycles. The third kappa shape index (κ3) is 8.02. The standard InChI is InChI=1S/C15H22ClNO3/c1-17(10-3-2-5-15(18)19)11-4-12-20-14-8-6-13(16)7-9-14/h6-9H,2-5,10-12H2,1H3,(H,18,19). The molecule has 0 saturated heterocycles. The zero-order chi connectivity index (χ0) is 14.8. The van der Waals surface area contributed by atoms with E-state index in [-0.39, 0.29) is 6.42 Å². The molecule has 0 aliphatic rings. The number of ether oxygens (including phenoxy) is 1. The molecule has 0 aromatic heterocycles. The van der Waals surface area contributed by atoms with Gasteiger partial charge in [-0.2, -0.15) is 0 Å². The van der Waals surface area contributed by atoms with E-state index in [0.717, 1.165) is 38.1 Å². The van der Waals surface area contributed by atoms with Crippen molar-refractivity contribution < 1.29 is 14.6 Å². The predicted molar refractivity (Wildman–Crippen MR) is 80.5 cm³/mol. The second-order valence-corrected chi connectivity index (χ2v) is 5.25. The Morgan fingerprint density at radius 2 is 1.85 bits per heavy atom. The minimum absolute atomic E-state index is 0.257. The van der Waals surface area contributed by atoms with Crippen LogP contribution >= 0.6 is 11.6 Å². The van der Waals surface area contributed by atoms with Crippen LogP contribution < -0.4 is 4.74 Å². The smallest absolute Gasteiger partial charge is 0.303 e. The monoisotopic (exact) mass is 299 g/mol. The van der Waals surface area contributed by atoms with Gasteiger partial charge in [0.15, 0.2) is 0 Å². The summed E-state index contributed by atoms with van der Waals surface area (Å²) in [6.07, 6.45) is 2.85. The van der Waals surface area contributed by atoms with Crippen LogP contribution in [0, 0.1) is 0 Å². The summed E-state index contributed by atoms with van der Waals surface area (Å²) in [5.41, 5.74) is 0. The van der Waals surface area contributed by atoms with Crippen LogP contribution in [0.5, 0.6) is 5.75 Å². The molecule has 0 heterocycles. The molecule has 0 unspecified atom stereocenters. The molecule has 1 aromatic carbocycles. The lowest BCUT2D eigenvalue weighted by atomic mass is 10.2. The van der Waals surface area contributed by atoms with Crippen LogP contribution in [-0.4, -0.2) is 42.7 Å². The van der Waals surface area contributed by atoms with Gasteiger partial charge in [-0.25, -0.2) is 0 Å². The van der Waals surface area contributed by atoms with Gasteiger partial charge in [-0.15, -0.1) is 0 Å². The molecule has 0 fully saturated rings. The first kappa shape index (κ1) is 16.8. The molecule has 0 amide bonds. The molecule has 1 rings (SSSR count). The fourth-order valence-electron chi connectivity index (χ4n) is 1.83. The van der Waals surface area contributed by atoms with E-state index in [4.69, 9.17) is 21.4 Å². The van der Waals surface area contributed by atoms with Gasteiger partial charge >= 0.3 is 5.97 Å². The van der Waals surface area contributed by atoms with Gasteiger partial charge in [0.2, 0.25) is 0 Å². The van der Waals surface area contributed by atoms with Crippen LogP contribution in [0.1, 0.15) is 25.7 Å². The predicted octanol–water partition coefficient (Wildman–Crippen LogP) is 3.30. The van der Waals surface area contributed by atoms with E-state index >= 15 is 0 Å². The summed E-state index contributed by atoms with van der Waals surface area (Å²) in [5, 5.41) is 9.25. The average Bonchev–Trinajstić information content (AvgIpc) is 2.41. The molecule has 0 aliphatic carbocycles. The third-order valence-electron chi connectivity index (χ3n) is 2.95. The Hall–Kier alpha value is -1.26. The highest BCUT2D eigenvalue weighted by atomic mass is 35.5.